The Hall–Kier alpha value is -1.66. The molecule has 0 aliphatic rings. The number of benzene rings is 1. The Morgan fingerprint density at radius 2 is 2.05 bits per heavy atom. The number of hydrogen-bond donors (Lipinski definition) is 2. The molecule has 2 aromatic rings. The molecule has 1 heterocycles. The van der Waals surface area contributed by atoms with Gasteiger partial charge in [0, 0.05) is 17.1 Å². The van der Waals surface area contributed by atoms with Gasteiger partial charge in [-0.2, -0.15) is 5.10 Å². The first-order valence-electron chi connectivity index (χ1n) is 7.15. The van der Waals surface area contributed by atoms with Gasteiger partial charge in [0.1, 0.15) is 0 Å². The molecule has 0 radical (unpaired) electrons. The average Bonchev–Trinajstić information content (AvgIpc) is 2.85. The van der Waals surface area contributed by atoms with Gasteiger partial charge in [-0.1, -0.05) is 25.4 Å². The van der Waals surface area contributed by atoms with Crippen LogP contribution < -0.4 is 5.32 Å². The van der Waals surface area contributed by atoms with E-state index < -0.39 is 0 Å². The highest BCUT2D eigenvalue weighted by atomic mass is 35.5. The number of halogens is 1. The van der Waals surface area contributed by atoms with E-state index in [2.05, 4.69) is 15.5 Å². The van der Waals surface area contributed by atoms with E-state index in [0.717, 1.165) is 5.82 Å². The van der Waals surface area contributed by atoms with Crippen molar-refractivity contribution in [3.8, 4) is 0 Å². The molecule has 0 aliphatic heterocycles. The summed E-state index contributed by atoms with van der Waals surface area (Å²) in [5.41, 5.74) is 0.562. The van der Waals surface area contributed by atoms with Crippen LogP contribution in [-0.4, -0.2) is 20.7 Å². The van der Waals surface area contributed by atoms with Crippen LogP contribution in [0.25, 0.3) is 0 Å². The topological polar surface area (TPSA) is 62.7 Å². The van der Waals surface area contributed by atoms with E-state index in [0.29, 0.717) is 21.9 Å². The summed E-state index contributed by atoms with van der Waals surface area (Å²) < 4.78 is 2.45. The predicted molar refractivity (Wildman–Crippen MR) is 89.6 cm³/mol. The standard InChI is InChI=1S/C15H19ClN4OS/c1-4-20-13(18-19-15(20)22)12(9(2)3)17-14(21)10-5-7-11(16)8-6-10/h5-9,12H,4H2,1-3H3,(H,17,21)(H,19,22)/t12-/m0/s1. The molecule has 2 N–H and O–H groups in total. The first kappa shape index (κ1) is 16.7. The van der Waals surface area contributed by atoms with Crippen molar-refractivity contribution in [1.82, 2.24) is 20.1 Å². The molecule has 22 heavy (non-hydrogen) atoms. The Morgan fingerprint density at radius 1 is 1.41 bits per heavy atom. The second-order valence-corrected chi connectivity index (χ2v) is 6.16. The van der Waals surface area contributed by atoms with Crippen molar-refractivity contribution in [2.75, 3.05) is 0 Å². The van der Waals surface area contributed by atoms with Gasteiger partial charge in [-0.15, -0.1) is 0 Å². The molecule has 0 bridgehead atoms. The normalized spacial score (nSPS) is 12.4. The lowest BCUT2D eigenvalue weighted by Crippen LogP contribution is -2.33. The van der Waals surface area contributed by atoms with Gasteiger partial charge in [0.2, 0.25) is 0 Å². The van der Waals surface area contributed by atoms with E-state index >= 15 is 0 Å². The summed E-state index contributed by atoms with van der Waals surface area (Å²) in [5.74, 6) is 0.753. The number of hydrogen-bond acceptors (Lipinski definition) is 3. The molecular weight excluding hydrogens is 320 g/mol. The second-order valence-electron chi connectivity index (χ2n) is 5.33. The van der Waals surface area contributed by atoms with Gasteiger partial charge in [0.05, 0.1) is 6.04 Å². The van der Waals surface area contributed by atoms with Crippen LogP contribution in [0.5, 0.6) is 0 Å². The maximum atomic E-state index is 12.4. The molecule has 5 nitrogen and oxygen atoms in total. The molecular formula is C15H19ClN4OS. The molecule has 1 amide bonds. The highest BCUT2D eigenvalue weighted by molar-refractivity contribution is 7.71. The third-order valence-electron chi connectivity index (χ3n) is 3.44. The van der Waals surface area contributed by atoms with Crippen molar-refractivity contribution < 1.29 is 4.79 Å². The summed E-state index contributed by atoms with van der Waals surface area (Å²) in [7, 11) is 0. The zero-order valence-electron chi connectivity index (χ0n) is 12.8. The number of rotatable bonds is 5. The Labute approximate surface area is 139 Å². The van der Waals surface area contributed by atoms with Crippen molar-refractivity contribution in [2.24, 2.45) is 5.92 Å². The van der Waals surface area contributed by atoms with E-state index in [-0.39, 0.29) is 17.9 Å². The maximum Gasteiger partial charge on any atom is 0.251 e. The molecule has 7 heteroatoms. The van der Waals surface area contributed by atoms with Gasteiger partial charge in [-0.25, -0.2) is 0 Å². The molecule has 0 saturated carbocycles. The van der Waals surface area contributed by atoms with Crippen LogP contribution in [0.4, 0.5) is 0 Å². The largest absolute Gasteiger partial charge is 0.342 e. The smallest absolute Gasteiger partial charge is 0.251 e. The Balaban J connectivity index is 2.27. The number of nitrogens with one attached hydrogen (secondary N) is 2. The molecule has 2 rings (SSSR count). The lowest BCUT2D eigenvalue weighted by Gasteiger charge is -2.22. The van der Waals surface area contributed by atoms with Crippen LogP contribution >= 0.6 is 23.8 Å². The summed E-state index contributed by atoms with van der Waals surface area (Å²) in [6, 6.07) is 6.57. The lowest BCUT2D eigenvalue weighted by atomic mass is 10.0. The highest BCUT2D eigenvalue weighted by Crippen LogP contribution is 2.21. The van der Waals surface area contributed by atoms with E-state index in [1.165, 1.54) is 0 Å². The van der Waals surface area contributed by atoms with E-state index in [9.17, 15) is 4.79 Å². The van der Waals surface area contributed by atoms with Gasteiger partial charge >= 0.3 is 0 Å². The van der Waals surface area contributed by atoms with Crippen LogP contribution in [0.1, 0.15) is 43.0 Å². The van der Waals surface area contributed by atoms with Crippen LogP contribution in [-0.2, 0) is 6.54 Å². The number of amides is 1. The fraction of sp³-hybridized carbons (Fsp3) is 0.400. The van der Waals surface area contributed by atoms with Gasteiger partial charge in [0.15, 0.2) is 10.6 Å². The minimum absolute atomic E-state index is 0.160. The molecule has 1 aromatic heterocycles. The van der Waals surface area contributed by atoms with E-state index in [1.54, 1.807) is 24.3 Å². The number of nitrogens with zero attached hydrogens (tertiary/aromatic N) is 2. The second kappa shape index (κ2) is 7.07. The Kier molecular flexibility index (Phi) is 5.37. The van der Waals surface area contributed by atoms with Crippen LogP contribution in [0.2, 0.25) is 5.02 Å². The van der Waals surface area contributed by atoms with Gasteiger partial charge in [0.25, 0.3) is 5.91 Å². The van der Waals surface area contributed by atoms with Gasteiger partial charge < -0.3 is 9.88 Å². The fourth-order valence-electron chi connectivity index (χ4n) is 2.23. The Bertz CT molecular complexity index is 705. The molecule has 0 spiro atoms. The number of H-pyrrole nitrogens is 1. The summed E-state index contributed by atoms with van der Waals surface area (Å²) in [4.78, 5) is 12.4. The van der Waals surface area contributed by atoms with Crippen LogP contribution in [0, 0.1) is 10.7 Å². The van der Waals surface area contributed by atoms with Gasteiger partial charge in [-0.05, 0) is 49.3 Å². The first-order chi connectivity index (χ1) is 10.4. The third-order valence-corrected chi connectivity index (χ3v) is 4.01. The number of carbonyl (C=O) groups is 1. The quantitative estimate of drug-likeness (QED) is 0.816. The molecule has 0 saturated heterocycles. The van der Waals surface area contributed by atoms with Crippen LogP contribution in [0.15, 0.2) is 24.3 Å². The number of carbonyl (C=O) groups excluding carboxylic acids is 1. The average molecular weight is 339 g/mol. The maximum absolute atomic E-state index is 12.4. The molecule has 0 aliphatic carbocycles. The van der Waals surface area contributed by atoms with Crippen molar-refractivity contribution in [3.63, 3.8) is 0 Å². The predicted octanol–water partition coefficient (Wildman–Crippen LogP) is 3.74. The van der Waals surface area contributed by atoms with E-state index in [4.69, 9.17) is 23.8 Å². The first-order valence-corrected chi connectivity index (χ1v) is 7.94. The zero-order valence-corrected chi connectivity index (χ0v) is 14.3. The summed E-state index contributed by atoms with van der Waals surface area (Å²) in [6.45, 7) is 6.76. The van der Waals surface area contributed by atoms with Crippen molar-refractivity contribution in [3.05, 3.63) is 45.4 Å². The third kappa shape index (κ3) is 3.56. The number of aromatic amines is 1. The molecule has 118 valence electrons. The summed E-state index contributed by atoms with van der Waals surface area (Å²) in [5, 5.41) is 10.7. The summed E-state index contributed by atoms with van der Waals surface area (Å²) in [6.07, 6.45) is 0. The summed E-state index contributed by atoms with van der Waals surface area (Å²) >= 11 is 11.1. The van der Waals surface area contributed by atoms with Crippen LogP contribution in [0.3, 0.4) is 0 Å². The van der Waals surface area contributed by atoms with E-state index in [1.807, 2.05) is 25.3 Å². The van der Waals surface area contributed by atoms with Gasteiger partial charge in [-0.3, -0.25) is 9.89 Å². The van der Waals surface area contributed by atoms with Crippen molar-refractivity contribution in [2.45, 2.75) is 33.4 Å². The monoisotopic (exact) mass is 338 g/mol. The Morgan fingerprint density at radius 3 is 2.59 bits per heavy atom. The lowest BCUT2D eigenvalue weighted by molar-refractivity contribution is 0.0922. The SMILES string of the molecule is CCn1c([C@@H](NC(=O)c2ccc(Cl)cc2)C(C)C)n[nH]c1=S. The minimum atomic E-state index is -0.226. The van der Waals surface area contributed by atoms with Crippen molar-refractivity contribution in [1.29, 1.82) is 0 Å². The highest BCUT2D eigenvalue weighted by Gasteiger charge is 2.24. The molecule has 1 atom stereocenters. The molecule has 0 unspecified atom stereocenters. The van der Waals surface area contributed by atoms with Crippen molar-refractivity contribution >= 4 is 29.7 Å². The minimum Gasteiger partial charge on any atom is -0.342 e. The zero-order chi connectivity index (χ0) is 16.3. The molecule has 1 aromatic carbocycles. The number of aromatic nitrogens is 3. The molecule has 0 fully saturated rings. The fourth-order valence-corrected chi connectivity index (χ4v) is 2.62.